The Morgan fingerprint density at radius 1 is 1.19 bits per heavy atom. The fourth-order valence-corrected chi connectivity index (χ4v) is 3.37. The minimum Gasteiger partial charge on any atom is -0.377 e. The topological polar surface area (TPSA) is 76.1 Å². The van der Waals surface area contributed by atoms with E-state index in [1.54, 1.807) is 6.20 Å². The standard InChI is InChI=1S/C20H24N6O/c1-3-17-15(6-4-8-21-17)12-23-19-16-7-5-9-22-18(16)24-20(25-19)26-10-11-27-13-14(26)2/h4-9,14H,3,10-13H2,1-2H3,(H,22,23,24,25)/t14-/m1/s1. The number of hydrogen-bond acceptors (Lipinski definition) is 7. The van der Waals surface area contributed by atoms with E-state index in [0.717, 1.165) is 29.9 Å². The third-order valence-corrected chi connectivity index (χ3v) is 4.85. The molecule has 7 nitrogen and oxygen atoms in total. The Kier molecular flexibility index (Phi) is 5.11. The average Bonchev–Trinajstić information content (AvgIpc) is 2.72. The molecule has 0 bridgehead atoms. The summed E-state index contributed by atoms with van der Waals surface area (Å²) in [7, 11) is 0. The molecule has 1 fully saturated rings. The Labute approximate surface area is 158 Å². The minimum atomic E-state index is 0.234. The van der Waals surface area contributed by atoms with Crippen LogP contribution < -0.4 is 10.2 Å². The van der Waals surface area contributed by atoms with E-state index in [2.05, 4.69) is 40.1 Å². The molecule has 0 radical (unpaired) electrons. The van der Waals surface area contributed by atoms with E-state index in [1.807, 2.05) is 24.4 Å². The van der Waals surface area contributed by atoms with E-state index in [9.17, 15) is 0 Å². The van der Waals surface area contributed by atoms with Gasteiger partial charge in [0, 0.05) is 31.2 Å². The van der Waals surface area contributed by atoms with Gasteiger partial charge in [-0.1, -0.05) is 13.0 Å². The van der Waals surface area contributed by atoms with Gasteiger partial charge in [0.05, 0.1) is 24.6 Å². The second-order valence-corrected chi connectivity index (χ2v) is 6.68. The number of nitrogens with one attached hydrogen (secondary N) is 1. The first-order valence-electron chi connectivity index (χ1n) is 9.40. The number of anilines is 2. The molecule has 1 atom stereocenters. The molecule has 3 aromatic rings. The van der Waals surface area contributed by atoms with Gasteiger partial charge in [0.2, 0.25) is 5.95 Å². The quantitative estimate of drug-likeness (QED) is 0.746. The summed E-state index contributed by atoms with van der Waals surface area (Å²) in [6.07, 6.45) is 4.51. The highest BCUT2D eigenvalue weighted by Crippen LogP contribution is 2.24. The molecule has 1 N–H and O–H groups in total. The molecule has 0 aliphatic carbocycles. The normalized spacial score (nSPS) is 17.3. The molecule has 4 rings (SSSR count). The summed E-state index contributed by atoms with van der Waals surface area (Å²) in [6, 6.07) is 8.22. The van der Waals surface area contributed by atoms with E-state index in [1.165, 1.54) is 5.56 Å². The van der Waals surface area contributed by atoms with Gasteiger partial charge in [-0.05, 0) is 37.1 Å². The summed E-state index contributed by atoms with van der Waals surface area (Å²) in [4.78, 5) is 20.6. The van der Waals surface area contributed by atoms with Crippen LogP contribution in [-0.4, -0.2) is 45.7 Å². The highest BCUT2D eigenvalue weighted by Gasteiger charge is 2.23. The average molecular weight is 364 g/mol. The van der Waals surface area contributed by atoms with Gasteiger partial charge >= 0.3 is 0 Å². The molecule has 3 aromatic heterocycles. The van der Waals surface area contributed by atoms with Crippen LogP contribution in [0.25, 0.3) is 11.0 Å². The third-order valence-electron chi connectivity index (χ3n) is 4.85. The molecule has 140 valence electrons. The summed E-state index contributed by atoms with van der Waals surface area (Å²) < 4.78 is 5.55. The van der Waals surface area contributed by atoms with E-state index in [4.69, 9.17) is 14.7 Å². The first kappa shape index (κ1) is 17.6. The van der Waals surface area contributed by atoms with Crippen LogP contribution in [0, 0.1) is 0 Å². The molecule has 0 aromatic carbocycles. The van der Waals surface area contributed by atoms with Crippen molar-refractivity contribution in [2.45, 2.75) is 32.9 Å². The number of fused-ring (bicyclic) bond motifs is 1. The molecule has 27 heavy (non-hydrogen) atoms. The maximum atomic E-state index is 5.55. The SMILES string of the molecule is CCc1ncccc1CNc1nc(N2CCOC[C@H]2C)nc2ncccc12. The molecule has 1 aliphatic heterocycles. The zero-order valence-electron chi connectivity index (χ0n) is 15.7. The van der Waals surface area contributed by atoms with E-state index in [0.29, 0.717) is 31.4 Å². The van der Waals surface area contributed by atoms with Crippen molar-refractivity contribution >= 4 is 22.8 Å². The van der Waals surface area contributed by atoms with Crippen molar-refractivity contribution < 1.29 is 4.74 Å². The molecule has 0 unspecified atom stereocenters. The summed E-state index contributed by atoms with van der Waals surface area (Å²) in [5.41, 5.74) is 2.98. The van der Waals surface area contributed by atoms with Crippen LogP contribution in [0.5, 0.6) is 0 Å². The second kappa shape index (κ2) is 7.84. The van der Waals surface area contributed by atoms with Gasteiger partial charge in [-0.3, -0.25) is 4.98 Å². The van der Waals surface area contributed by atoms with Crippen molar-refractivity contribution in [2.24, 2.45) is 0 Å². The lowest BCUT2D eigenvalue weighted by molar-refractivity contribution is 0.0981. The van der Waals surface area contributed by atoms with Crippen molar-refractivity contribution in [1.82, 2.24) is 19.9 Å². The summed E-state index contributed by atoms with van der Waals surface area (Å²) in [5, 5.41) is 4.40. The van der Waals surface area contributed by atoms with Crippen LogP contribution in [0.4, 0.5) is 11.8 Å². The smallest absolute Gasteiger partial charge is 0.229 e. The molecule has 7 heteroatoms. The van der Waals surface area contributed by atoms with E-state index < -0.39 is 0 Å². The lowest BCUT2D eigenvalue weighted by Gasteiger charge is -2.33. The van der Waals surface area contributed by atoms with Crippen LogP contribution in [0.1, 0.15) is 25.1 Å². The van der Waals surface area contributed by atoms with E-state index in [-0.39, 0.29) is 6.04 Å². The monoisotopic (exact) mass is 364 g/mol. The molecular formula is C20H24N6O. The number of aryl methyl sites for hydroxylation is 1. The Morgan fingerprint density at radius 3 is 2.89 bits per heavy atom. The maximum Gasteiger partial charge on any atom is 0.229 e. The van der Waals surface area contributed by atoms with Gasteiger partial charge in [0.15, 0.2) is 5.65 Å². The lowest BCUT2D eigenvalue weighted by Crippen LogP contribution is -2.44. The Bertz CT molecular complexity index is 931. The van der Waals surface area contributed by atoms with Gasteiger partial charge in [-0.15, -0.1) is 0 Å². The van der Waals surface area contributed by atoms with Crippen LogP contribution >= 0.6 is 0 Å². The minimum absolute atomic E-state index is 0.234. The van der Waals surface area contributed by atoms with Crippen LogP contribution in [0.3, 0.4) is 0 Å². The van der Waals surface area contributed by atoms with Crippen molar-refractivity contribution in [2.75, 3.05) is 30.0 Å². The molecule has 0 spiro atoms. The summed E-state index contributed by atoms with van der Waals surface area (Å²) in [5.74, 6) is 1.49. The van der Waals surface area contributed by atoms with Crippen molar-refractivity contribution in [3.63, 3.8) is 0 Å². The van der Waals surface area contributed by atoms with Crippen LogP contribution in [0.15, 0.2) is 36.7 Å². The van der Waals surface area contributed by atoms with Gasteiger partial charge in [0.25, 0.3) is 0 Å². The number of ether oxygens (including phenoxy) is 1. The predicted molar refractivity (Wildman–Crippen MR) is 106 cm³/mol. The van der Waals surface area contributed by atoms with E-state index >= 15 is 0 Å². The molecule has 1 aliphatic rings. The zero-order valence-corrected chi connectivity index (χ0v) is 15.7. The van der Waals surface area contributed by atoms with Gasteiger partial charge in [-0.2, -0.15) is 9.97 Å². The van der Waals surface area contributed by atoms with Gasteiger partial charge in [-0.25, -0.2) is 4.98 Å². The van der Waals surface area contributed by atoms with Crippen molar-refractivity contribution in [3.05, 3.63) is 47.9 Å². The molecule has 0 amide bonds. The van der Waals surface area contributed by atoms with Gasteiger partial charge < -0.3 is 15.0 Å². The highest BCUT2D eigenvalue weighted by molar-refractivity contribution is 5.87. The molecular weight excluding hydrogens is 340 g/mol. The number of pyridine rings is 2. The Hall–Kier alpha value is -2.80. The first-order chi connectivity index (χ1) is 13.3. The number of hydrogen-bond donors (Lipinski definition) is 1. The highest BCUT2D eigenvalue weighted by atomic mass is 16.5. The molecule has 1 saturated heterocycles. The van der Waals surface area contributed by atoms with Crippen molar-refractivity contribution in [3.8, 4) is 0 Å². The Morgan fingerprint density at radius 2 is 2.04 bits per heavy atom. The predicted octanol–water partition coefficient (Wildman–Crippen LogP) is 2.82. The number of rotatable bonds is 5. The Balaban J connectivity index is 1.68. The summed E-state index contributed by atoms with van der Waals surface area (Å²) >= 11 is 0. The second-order valence-electron chi connectivity index (χ2n) is 6.68. The van der Waals surface area contributed by atoms with Crippen LogP contribution in [0.2, 0.25) is 0 Å². The lowest BCUT2D eigenvalue weighted by atomic mass is 10.1. The summed E-state index contributed by atoms with van der Waals surface area (Å²) in [6.45, 7) is 7.06. The fraction of sp³-hybridized carbons (Fsp3) is 0.400. The third kappa shape index (κ3) is 3.68. The number of morpholine rings is 1. The zero-order chi connectivity index (χ0) is 18.6. The first-order valence-corrected chi connectivity index (χ1v) is 9.40. The largest absolute Gasteiger partial charge is 0.377 e. The molecule has 0 saturated carbocycles. The van der Waals surface area contributed by atoms with Crippen molar-refractivity contribution in [1.29, 1.82) is 0 Å². The fourth-order valence-electron chi connectivity index (χ4n) is 3.37. The van der Waals surface area contributed by atoms with Gasteiger partial charge in [0.1, 0.15) is 5.82 Å². The molecule has 4 heterocycles. The number of nitrogens with zero attached hydrogens (tertiary/aromatic N) is 5. The van der Waals surface area contributed by atoms with Crippen LogP contribution in [-0.2, 0) is 17.7 Å². The maximum absolute atomic E-state index is 5.55. The number of aromatic nitrogens is 4.